The summed E-state index contributed by atoms with van der Waals surface area (Å²) in [6.45, 7) is 4.95. The summed E-state index contributed by atoms with van der Waals surface area (Å²) in [5.41, 5.74) is 0.547. The predicted octanol–water partition coefficient (Wildman–Crippen LogP) is 4.01. The van der Waals surface area contributed by atoms with Gasteiger partial charge in [0.15, 0.2) is 0 Å². The van der Waals surface area contributed by atoms with Gasteiger partial charge in [-0.3, -0.25) is 9.69 Å². The van der Waals surface area contributed by atoms with E-state index >= 15 is 0 Å². The van der Waals surface area contributed by atoms with E-state index in [1.54, 1.807) is 36.8 Å². The van der Waals surface area contributed by atoms with E-state index in [1.165, 1.54) is 16.4 Å². The van der Waals surface area contributed by atoms with Gasteiger partial charge in [0.1, 0.15) is 5.76 Å². The average molecular weight is 462 g/mol. The molecule has 0 spiro atoms. The summed E-state index contributed by atoms with van der Waals surface area (Å²) in [6.07, 6.45) is 1.62. The van der Waals surface area contributed by atoms with Gasteiger partial charge in [0, 0.05) is 30.2 Å². The minimum Gasteiger partial charge on any atom is -0.468 e. The zero-order valence-corrected chi connectivity index (χ0v) is 19.4. The van der Waals surface area contributed by atoms with E-state index in [0.717, 1.165) is 10.6 Å². The minimum atomic E-state index is -3.56. The second-order valence-electron chi connectivity index (χ2n) is 7.49. The van der Waals surface area contributed by atoms with Gasteiger partial charge >= 0.3 is 0 Å². The Morgan fingerprint density at radius 1 is 1.10 bits per heavy atom. The maximum atomic E-state index is 12.7. The summed E-state index contributed by atoms with van der Waals surface area (Å²) in [7, 11) is -2.00. The number of sulfonamides is 1. The Kier molecular flexibility index (Phi) is 7.66. The van der Waals surface area contributed by atoms with E-state index in [0.29, 0.717) is 18.8 Å². The molecule has 3 aromatic rings. The summed E-state index contributed by atoms with van der Waals surface area (Å²) in [4.78, 5) is 16.0. The van der Waals surface area contributed by atoms with Crippen LogP contribution >= 0.6 is 11.3 Å². The third-order valence-corrected chi connectivity index (χ3v) is 7.74. The number of nitrogens with one attached hydrogen (secondary N) is 1. The Hall–Kier alpha value is -2.46. The Morgan fingerprint density at radius 3 is 2.42 bits per heavy atom. The molecule has 0 saturated heterocycles. The van der Waals surface area contributed by atoms with Gasteiger partial charge in [0.05, 0.1) is 24.2 Å². The number of anilines is 1. The quantitative estimate of drug-likeness (QED) is 0.493. The number of hydrogen-bond acceptors (Lipinski definition) is 6. The van der Waals surface area contributed by atoms with E-state index in [-0.39, 0.29) is 23.4 Å². The van der Waals surface area contributed by atoms with Crippen LogP contribution in [0.3, 0.4) is 0 Å². The van der Waals surface area contributed by atoms with Crippen molar-refractivity contribution >= 4 is 33.0 Å². The van der Waals surface area contributed by atoms with Crippen molar-refractivity contribution in [2.75, 3.05) is 18.9 Å². The van der Waals surface area contributed by atoms with Crippen molar-refractivity contribution in [3.05, 3.63) is 70.8 Å². The largest absolute Gasteiger partial charge is 0.468 e. The molecular formula is C22H27N3O4S2. The zero-order chi connectivity index (χ0) is 22.4. The third-order valence-electron chi connectivity index (χ3n) is 4.83. The normalized spacial score (nSPS) is 12.1. The van der Waals surface area contributed by atoms with E-state index in [9.17, 15) is 13.2 Å². The summed E-state index contributed by atoms with van der Waals surface area (Å²) in [5, 5.41) is 4.85. The lowest BCUT2D eigenvalue weighted by Crippen LogP contribution is -2.33. The molecule has 31 heavy (non-hydrogen) atoms. The van der Waals surface area contributed by atoms with Crippen molar-refractivity contribution in [3.8, 4) is 0 Å². The SMILES string of the molecule is CC(C)N(C)S(=O)(=O)c1ccc(NC(=O)CN(Cc2ccco2)Cc2cccs2)cc1. The van der Waals surface area contributed by atoms with Gasteiger partial charge in [-0.1, -0.05) is 6.07 Å². The number of thiophene rings is 1. The van der Waals surface area contributed by atoms with Crippen LogP contribution < -0.4 is 5.32 Å². The molecule has 2 heterocycles. The van der Waals surface area contributed by atoms with E-state index in [1.807, 2.05) is 48.4 Å². The van der Waals surface area contributed by atoms with Crippen LogP contribution in [0, 0.1) is 0 Å². The molecule has 1 N–H and O–H groups in total. The Bertz CT molecular complexity index is 1020. The number of rotatable bonds is 10. The number of benzene rings is 1. The standard InChI is InChI=1S/C22H27N3O4S2/c1-17(2)24(3)31(27,28)21-10-8-18(9-11-21)23-22(26)16-25(14-19-6-4-12-29-19)15-20-7-5-13-30-20/h4-13,17H,14-16H2,1-3H3,(H,23,26). The zero-order valence-electron chi connectivity index (χ0n) is 17.8. The molecule has 0 radical (unpaired) electrons. The van der Waals surface area contributed by atoms with E-state index in [2.05, 4.69) is 5.32 Å². The first-order valence-electron chi connectivity index (χ1n) is 9.91. The Balaban J connectivity index is 1.65. The highest BCUT2D eigenvalue weighted by atomic mass is 32.2. The molecule has 0 atom stereocenters. The van der Waals surface area contributed by atoms with Crippen LogP contribution in [0.5, 0.6) is 0 Å². The van der Waals surface area contributed by atoms with Crippen molar-refractivity contribution in [1.29, 1.82) is 0 Å². The Morgan fingerprint density at radius 2 is 1.84 bits per heavy atom. The van der Waals surface area contributed by atoms with Crippen LogP contribution in [0.1, 0.15) is 24.5 Å². The molecule has 2 aromatic heterocycles. The molecule has 0 aliphatic heterocycles. The van der Waals surface area contributed by atoms with Crippen molar-refractivity contribution in [1.82, 2.24) is 9.21 Å². The predicted molar refractivity (Wildman–Crippen MR) is 122 cm³/mol. The van der Waals surface area contributed by atoms with Gasteiger partial charge in [-0.05, 0) is 61.7 Å². The number of furan rings is 1. The highest BCUT2D eigenvalue weighted by molar-refractivity contribution is 7.89. The molecule has 0 fully saturated rings. The summed E-state index contributed by atoms with van der Waals surface area (Å²) >= 11 is 1.64. The first-order valence-corrected chi connectivity index (χ1v) is 12.2. The molecule has 7 nitrogen and oxygen atoms in total. The maximum absolute atomic E-state index is 12.7. The lowest BCUT2D eigenvalue weighted by Gasteiger charge is -2.21. The topological polar surface area (TPSA) is 82.9 Å². The lowest BCUT2D eigenvalue weighted by molar-refractivity contribution is -0.117. The van der Waals surface area contributed by atoms with Crippen LogP contribution in [0.15, 0.2) is 69.5 Å². The number of carbonyl (C=O) groups excluding carboxylic acids is 1. The van der Waals surface area contributed by atoms with E-state index in [4.69, 9.17) is 4.42 Å². The lowest BCUT2D eigenvalue weighted by atomic mass is 10.3. The highest BCUT2D eigenvalue weighted by Crippen LogP contribution is 2.19. The second-order valence-corrected chi connectivity index (χ2v) is 10.5. The maximum Gasteiger partial charge on any atom is 0.243 e. The molecule has 0 unspecified atom stereocenters. The highest BCUT2D eigenvalue weighted by Gasteiger charge is 2.23. The molecule has 9 heteroatoms. The van der Waals surface area contributed by atoms with Crippen LogP contribution in [-0.4, -0.2) is 43.2 Å². The Labute approximate surface area is 187 Å². The molecule has 1 aromatic carbocycles. The molecule has 0 aliphatic rings. The van der Waals surface area contributed by atoms with Gasteiger partial charge in [-0.25, -0.2) is 8.42 Å². The molecule has 0 bridgehead atoms. The fourth-order valence-corrected chi connectivity index (χ4v) is 5.09. The smallest absolute Gasteiger partial charge is 0.243 e. The van der Waals surface area contributed by atoms with Gasteiger partial charge in [-0.15, -0.1) is 11.3 Å². The van der Waals surface area contributed by atoms with Gasteiger partial charge in [0.25, 0.3) is 0 Å². The molecule has 0 aliphatic carbocycles. The van der Waals surface area contributed by atoms with Crippen molar-refractivity contribution in [2.24, 2.45) is 0 Å². The second kappa shape index (κ2) is 10.2. The first kappa shape index (κ1) is 23.2. The molecule has 166 valence electrons. The van der Waals surface area contributed by atoms with Crippen molar-refractivity contribution in [3.63, 3.8) is 0 Å². The number of amides is 1. The van der Waals surface area contributed by atoms with Gasteiger partial charge in [0.2, 0.25) is 15.9 Å². The number of hydrogen-bond donors (Lipinski definition) is 1. The molecular weight excluding hydrogens is 434 g/mol. The monoisotopic (exact) mass is 461 g/mol. The number of nitrogens with zero attached hydrogens (tertiary/aromatic N) is 2. The molecule has 1 amide bonds. The molecule has 3 rings (SSSR count). The van der Waals surface area contributed by atoms with Crippen LogP contribution in [-0.2, 0) is 27.9 Å². The first-order chi connectivity index (χ1) is 14.8. The van der Waals surface area contributed by atoms with Gasteiger partial charge in [-0.2, -0.15) is 4.31 Å². The minimum absolute atomic E-state index is 0.145. The van der Waals surface area contributed by atoms with Crippen LogP contribution in [0.25, 0.3) is 0 Å². The summed E-state index contributed by atoms with van der Waals surface area (Å²) in [6, 6.07) is 13.8. The van der Waals surface area contributed by atoms with Crippen LogP contribution in [0.2, 0.25) is 0 Å². The average Bonchev–Trinajstić information content (AvgIpc) is 3.42. The molecule has 0 saturated carbocycles. The fourth-order valence-electron chi connectivity index (χ4n) is 2.97. The van der Waals surface area contributed by atoms with Crippen molar-refractivity contribution < 1.29 is 17.6 Å². The number of carbonyl (C=O) groups is 1. The summed E-state index contributed by atoms with van der Waals surface area (Å²) < 4.78 is 31.9. The van der Waals surface area contributed by atoms with E-state index < -0.39 is 10.0 Å². The van der Waals surface area contributed by atoms with Crippen molar-refractivity contribution in [2.45, 2.75) is 37.9 Å². The van der Waals surface area contributed by atoms with Crippen LogP contribution in [0.4, 0.5) is 5.69 Å². The fraction of sp³-hybridized carbons (Fsp3) is 0.318. The van der Waals surface area contributed by atoms with Gasteiger partial charge < -0.3 is 9.73 Å². The summed E-state index contributed by atoms with van der Waals surface area (Å²) in [5.74, 6) is 0.603. The third kappa shape index (κ3) is 6.27.